The van der Waals surface area contributed by atoms with Crippen molar-refractivity contribution in [3.05, 3.63) is 26.6 Å². The standard InChI is InChI=1S/C10H14BrN5OS/c1-17-3-2-12-5-10-13-14-15-16(10)6-9-4-8(11)7-18-9/h4,7,12H,2-3,5-6H2,1H3. The minimum absolute atomic E-state index is 0.642. The Hall–Kier alpha value is -0.830. The third kappa shape index (κ3) is 3.84. The van der Waals surface area contributed by atoms with E-state index in [9.17, 15) is 0 Å². The summed E-state index contributed by atoms with van der Waals surface area (Å²) in [5, 5.41) is 17.0. The summed E-state index contributed by atoms with van der Waals surface area (Å²) in [5.74, 6) is 0.829. The lowest BCUT2D eigenvalue weighted by Crippen LogP contribution is -2.21. The normalized spacial score (nSPS) is 11.0. The molecule has 0 unspecified atom stereocenters. The molecule has 0 saturated carbocycles. The van der Waals surface area contributed by atoms with Gasteiger partial charge < -0.3 is 10.1 Å². The van der Waals surface area contributed by atoms with Crippen molar-refractivity contribution in [1.29, 1.82) is 0 Å². The lowest BCUT2D eigenvalue weighted by molar-refractivity contribution is 0.198. The van der Waals surface area contributed by atoms with Crippen molar-refractivity contribution >= 4 is 27.3 Å². The number of thiophene rings is 1. The van der Waals surface area contributed by atoms with E-state index in [-0.39, 0.29) is 0 Å². The molecule has 0 aromatic carbocycles. The number of halogens is 1. The molecule has 0 radical (unpaired) electrons. The summed E-state index contributed by atoms with van der Waals surface area (Å²) in [6, 6.07) is 2.08. The van der Waals surface area contributed by atoms with Crippen LogP contribution in [0.5, 0.6) is 0 Å². The lowest BCUT2D eigenvalue weighted by Gasteiger charge is -2.04. The maximum absolute atomic E-state index is 4.97. The van der Waals surface area contributed by atoms with Crippen molar-refractivity contribution in [2.75, 3.05) is 20.3 Å². The molecule has 0 atom stereocenters. The van der Waals surface area contributed by atoms with Crippen LogP contribution in [0.15, 0.2) is 15.9 Å². The predicted molar refractivity (Wildman–Crippen MR) is 72.5 cm³/mol. The summed E-state index contributed by atoms with van der Waals surface area (Å²) in [4.78, 5) is 1.22. The van der Waals surface area contributed by atoms with Crippen LogP contribution < -0.4 is 5.32 Å². The molecule has 1 N–H and O–H groups in total. The van der Waals surface area contributed by atoms with Crippen LogP contribution in [0.1, 0.15) is 10.7 Å². The molecule has 0 aliphatic heterocycles. The van der Waals surface area contributed by atoms with Gasteiger partial charge in [-0.05, 0) is 32.4 Å². The second kappa shape index (κ2) is 6.93. The van der Waals surface area contributed by atoms with Gasteiger partial charge in [-0.25, -0.2) is 4.68 Å². The fraction of sp³-hybridized carbons (Fsp3) is 0.500. The first kappa shape index (κ1) is 13.6. The lowest BCUT2D eigenvalue weighted by atomic mass is 10.4. The summed E-state index contributed by atoms with van der Waals surface area (Å²) in [7, 11) is 1.68. The number of ether oxygens (including phenoxy) is 1. The average Bonchev–Trinajstić information content (AvgIpc) is 2.95. The van der Waals surface area contributed by atoms with Gasteiger partial charge in [0.1, 0.15) is 0 Å². The minimum atomic E-state index is 0.642. The summed E-state index contributed by atoms with van der Waals surface area (Å²) in [5.41, 5.74) is 0. The second-order valence-electron chi connectivity index (χ2n) is 3.65. The molecule has 0 aliphatic carbocycles. The highest BCUT2D eigenvalue weighted by Gasteiger charge is 2.07. The van der Waals surface area contributed by atoms with Crippen LogP contribution in [0.25, 0.3) is 0 Å². The van der Waals surface area contributed by atoms with Crippen LogP contribution >= 0.6 is 27.3 Å². The largest absolute Gasteiger partial charge is 0.383 e. The Kier molecular flexibility index (Phi) is 5.24. The minimum Gasteiger partial charge on any atom is -0.383 e. The van der Waals surface area contributed by atoms with Gasteiger partial charge in [-0.1, -0.05) is 0 Å². The van der Waals surface area contributed by atoms with Crippen molar-refractivity contribution in [2.24, 2.45) is 0 Å². The van der Waals surface area contributed by atoms with E-state index in [0.717, 1.165) is 16.8 Å². The quantitative estimate of drug-likeness (QED) is 0.774. The van der Waals surface area contributed by atoms with Crippen LogP contribution in [0, 0.1) is 0 Å². The number of rotatable bonds is 7. The molecule has 2 heterocycles. The molecular formula is C10H14BrN5OS. The van der Waals surface area contributed by atoms with E-state index in [2.05, 4.69) is 48.2 Å². The SMILES string of the molecule is COCCNCc1nnnn1Cc1cc(Br)cs1. The Morgan fingerprint density at radius 1 is 1.56 bits per heavy atom. The maximum Gasteiger partial charge on any atom is 0.165 e. The van der Waals surface area contributed by atoms with Gasteiger partial charge in [0.15, 0.2) is 5.82 Å². The molecule has 0 fully saturated rings. The zero-order valence-corrected chi connectivity index (χ0v) is 12.4. The van der Waals surface area contributed by atoms with Crippen LogP contribution in [-0.4, -0.2) is 40.5 Å². The van der Waals surface area contributed by atoms with E-state index >= 15 is 0 Å². The summed E-state index contributed by atoms with van der Waals surface area (Å²) in [6.45, 7) is 2.81. The van der Waals surface area contributed by atoms with E-state index in [4.69, 9.17) is 4.74 Å². The van der Waals surface area contributed by atoms with Crippen molar-refractivity contribution in [3.63, 3.8) is 0 Å². The number of hydrogen-bond acceptors (Lipinski definition) is 6. The fourth-order valence-corrected chi connectivity index (χ4v) is 2.86. The van der Waals surface area contributed by atoms with E-state index in [1.165, 1.54) is 4.88 Å². The Morgan fingerprint density at radius 3 is 3.17 bits per heavy atom. The van der Waals surface area contributed by atoms with Crippen LogP contribution in [0.4, 0.5) is 0 Å². The number of nitrogens with one attached hydrogen (secondary N) is 1. The van der Waals surface area contributed by atoms with Crippen LogP contribution in [0.2, 0.25) is 0 Å². The van der Waals surface area contributed by atoms with E-state index in [1.54, 1.807) is 23.1 Å². The summed E-state index contributed by atoms with van der Waals surface area (Å²) >= 11 is 5.12. The zero-order valence-electron chi connectivity index (χ0n) is 9.97. The fourth-order valence-electron chi connectivity index (χ4n) is 1.43. The number of hydrogen-bond donors (Lipinski definition) is 1. The molecule has 98 valence electrons. The monoisotopic (exact) mass is 331 g/mol. The van der Waals surface area contributed by atoms with Crippen molar-refractivity contribution in [2.45, 2.75) is 13.1 Å². The van der Waals surface area contributed by atoms with Crippen molar-refractivity contribution < 1.29 is 4.74 Å². The number of aromatic nitrogens is 4. The molecule has 0 saturated heterocycles. The highest BCUT2D eigenvalue weighted by atomic mass is 79.9. The average molecular weight is 332 g/mol. The molecule has 18 heavy (non-hydrogen) atoms. The molecular weight excluding hydrogens is 318 g/mol. The van der Waals surface area contributed by atoms with Gasteiger partial charge in [0.2, 0.25) is 0 Å². The molecule has 0 spiro atoms. The number of methoxy groups -OCH3 is 1. The van der Waals surface area contributed by atoms with Crippen LogP contribution in [-0.2, 0) is 17.8 Å². The molecule has 2 rings (SSSR count). The topological polar surface area (TPSA) is 64.9 Å². The van der Waals surface area contributed by atoms with E-state index in [1.807, 2.05) is 0 Å². The zero-order chi connectivity index (χ0) is 12.8. The predicted octanol–water partition coefficient (Wildman–Crippen LogP) is 1.28. The summed E-state index contributed by atoms with van der Waals surface area (Å²) in [6.07, 6.45) is 0. The molecule has 0 amide bonds. The maximum atomic E-state index is 4.97. The van der Waals surface area contributed by atoms with Gasteiger partial charge >= 0.3 is 0 Å². The molecule has 2 aromatic rings. The molecule has 6 nitrogen and oxygen atoms in total. The molecule has 0 aliphatic rings. The first-order chi connectivity index (χ1) is 8.79. The highest BCUT2D eigenvalue weighted by molar-refractivity contribution is 9.10. The molecule has 8 heteroatoms. The van der Waals surface area contributed by atoms with E-state index < -0.39 is 0 Å². The number of tetrazole rings is 1. The third-order valence-corrected chi connectivity index (χ3v) is 3.98. The first-order valence-electron chi connectivity index (χ1n) is 5.47. The highest BCUT2D eigenvalue weighted by Crippen LogP contribution is 2.20. The third-order valence-electron chi connectivity index (χ3n) is 2.30. The van der Waals surface area contributed by atoms with E-state index in [0.29, 0.717) is 19.7 Å². The Balaban J connectivity index is 1.91. The first-order valence-corrected chi connectivity index (χ1v) is 7.14. The van der Waals surface area contributed by atoms with Crippen molar-refractivity contribution in [3.8, 4) is 0 Å². The Bertz CT molecular complexity index is 486. The molecule has 0 bridgehead atoms. The van der Waals surface area contributed by atoms with Gasteiger partial charge in [-0.15, -0.1) is 16.4 Å². The van der Waals surface area contributed by atoms with Gasteiger partial charge in [-0.3, -0.25) is 0 Å². The Morgan fingerprint density at radius 2 is 2.44 bits per heavy atom. The second-order valence-corrected chi connectivity index (χ2v) is 5.57. The summed E-state index contributed by atoms with van der Waals surface area (Å²) < 4.78 is 7.86. The molecule has 2 aromatic heterocycles. The van der Waals surface area contributed by atoms with Gasteiger partial charge in [-0.2, -0.15) is 0 Å². The van der Waals surface area contributed by atoms with Gasteiger partial charge in [0.25, 0.3) is 0 Å². The number of nitrogens with zero attached hydrogens (tertiary/aromatic N) is 4. The van der Waals surface area contributed by atoms with Crippen molar-refractivity contribution in [1.82, 2.24) is 25.5 Å². The smallest absolute Gasteiger partial charge is 0.165 e. The van der Waals surface area contributed by atoms with Crippen LogP contribution in [0.3, 0.4) is 0 Å². The Labute approximate surface area is 117 Å². The van der Waals surface area contributed by atoms with Gasteiger partial charge in [0.05, 0.1) is 19.7 Å². The van der Waals surface area contributed by atoms with Gasteiger partial charge in [0, 0.05) is 28.4 Å².